The Morgan fingerprint density at radius 1 is 1.03 bits per heavy atom. The van der Waals surface area contributed by atoms with Crippen molar-refractivity contribution in [1.29, 1.82) is 0 Å². The monoisotopic (exact) mass is 496 g/mol. The first kappa shape index (κ1) is 23.9. The number of anilines is 1. The van der Waals surface area contributed by atoms with E-state index < -0.39 is 11.6 Å². The highest BCUT2D eigenvalue weighted by atomic mass is 19.2. The van der Waals surface area contributed by atoms with Crippen molar-refractivity contribution in [2.45, 2.75) is 19.4 Å². The van der Waals surface area contributed by atoms with Crippen LogP contribution in [0.2, 0.25) is 0 Å². The van der Waals surface area contributed by atoms with E-state index in [0.29, 0.717) is 56.5 Å². The van der Waals surface area contributed by atoms with Crippen molar-refractivity contribution in [2.75, 3.05) is 44.9 Å². The van der Waals surface area contributed by atoms with Crippen molar-refractivity contribution in [3.63, 3.8) is 0 Å². The van der Waals surface area contributed by atoms with Crippen molar-refractivity contribution in [1.82, 2.24) is 14.9 Å². The molecule has 1 aromatic heterocycles. The molecule has 36 heavy (non-hydrogen) atoms. The van der Waals surface area contributed by atoms with Gasteiger partial charge in [-0.25, -0.2) is 13.8 Å². The van der Waals surface area contributed by atoms with Gasteiger partial charge in [-0.05, 0) is 29.8 Å². The quantitative estimate of drug-likeness (QED) is 0.517. The molecule has 3 aromatic rings. The number of methoxy groups -OCH3 is 1. The first-order valence-corrected chi connectivity index (χ1v) is 11.8. The third-order valence-corrected chi connectivity index (χ3v) is 6.25. The SMILES string of the molecule is COc1cccc(CC(=O)N2CCc3nc(N4CCOCC4)nc(Oc4ccc(F)c(F)c4)c3C2)c1. The summed E-state index contributed by atoms with van der Waals surface area (Å²) in [7, 11) is 1.59. The van der Waals surface area contributed by atoms with Gasteiger partial charge in [-0.15, -0.1) is 0 Å². The minimum atomic E-state index is -1.01. The first-order chi connectivity index (χ1) is 17.5. The Morgan fingerprint density at radius 3 is 2.64 bits per heavy atom. The molecule has 0 unspecified atom stereocenters. The number of rotatable bonds is 6. The lowest BCUT2D eigenvalue weighted by Gasteiger charge is -2.32. The Bertz CT molecular complexity index is 1270. The van der Waals surface area contributed by atoms with Gasteiger partial charge in [-0.1, -0.05) is 12.1 Å². The molecule has 2 aliphatic heterocycles. The number of aromatic nitrogens is 2. The highest BCUT2D eigenvalue weighted by Gasteiger charge is 2.28. The van der Waals surface area contributed by atoms with Gasteiger partial charge in [-0.3, -0.25) is 4.79 Å². The standard InChI is InChI=1S/C26H26F2N4O4/c1-34-18-4-2-3-17(13-18)14-24(33)32-8-7-23-20(16-32)25(36-19-5-6-21(27)22(28)15-19)30-26(29-23)31-9-11-35-12-10-31/h2-6,13,15H,7-12,14,16H2,1H3. The average Bonchev–Trinajstić information content (AvgIpc) is 2.91. The van der Waals surface area contributed by atoms with Crippen LogP contribution in [0.4, 0.5) is 14.7 Å². The van der Waals surface area contributed by atoms with E-state index in [1.807, 2.05) is 29.2 Å². The summed E-state index contributed by atoms with van der Waals surface area (Å²) in [5.74, 6) is -0.505. The predicted octanol–water partition coefficient (Wildman–Crippen LogP) is 3.52. The number of ether oxygens (including phenoxy) is 3. The van der Waals surface area contributed by atoms with Gasteiger partial charge < -0.3 is 24.0 Å². The van der Waals surface area contributed by atoms with Crippen LogP contribution in [0.3, 0.4) is 0 Å². The summed E-state index contributed by atoms with van der Waals surface area (Å²) in [5, 5.41) is 0. The largest absolute Gasteiger partial charge is 0.497 e. The van der Waals surface area contributed by atoms with E-state index in [1.165, 1.54) is 6.07 Å². The topological polar surface area (TPSA) is 77.0 Å². The van der Waals surface area contributed by atoms with Crippen molar-refractivity contribution < 1.29 is 27.8 Å². The van der Waals surface area contributed by atoms with E-state index in [-0.39, 0.29) is 30.5 Å². The highest BCUT2D eigenvalue weighted by molar-refractivity contribution is 5.79. The third kappa shape index (κ3) is 5.23. The maximum atomic E-state index is 13.8. The maximum absolute atomic E-state index is 13.8. The van der Waals surface area contributed by atoms with Gasteiger partial charge in [-0.2, -0.15) is 4.98 Å². The molecule has 8 nitrogen and oxygen atoms in total. The number of hydrogen-bond acceptors (Lipinski definition) is 7. The van der Waals surface area contributed by atoms with Crippen molar-refractivity contribution in [2.24, 2.45) is 0 Å². The van der Waals surface area contributed by atoms with E-state index in [1.54, 1.807) is 12.0 Å². The van der Waals surface area contributed by atoms with Crippen LogP contribution < -0.4 is 14.4 Å². The zero-order valence-corrected chi connectivity index (χ0v) is 19.9. The first-order valence-electron chi connectivity index (χ1n) is 11.8. The fourth-order valence-corrected chi connectivity index (χ4v) is 4.29. The second-order valence-corrected chi connectivity index (χ2v) is 8.63. The summed E-state index contributed by atoms with van der Waals surface area (Å²) in [6.45, 7) is 3.14. The molecule has 1 amide bonds. The smallest absolute Gasteiger partial charge is 0.229 e. The molecule has 0 N–H and O–H groups in total. The highest BCUT2D eigenvalue weighted by Crippen LogP contribution is 2.32. The lowest BCUT2D eigenvalue weighted by molar-refractivity contribution is -0.131. The molecule has 188 valence electrons. The number of carbonyl (C=O) groups excluding carboxylic acids is 1. The summed E-state index contributed by atoms with van der Waals surface area (Å²) >= 11 is 0. The second-order valence-electron chi connectivity index (χ2n) is 8.63. The average molecular weight is 497 g/mol. The summed E-state index contributed by atoms with van der Waals surface area (Å²) in [4.78, 5) is 26.3. The van der Waals surface area contributed by atoms with Crippen LogP contribution in [-0.4, -0.2) is 60.7 Å². The third-order valence-electron chi connectivity index (χ3n) is 6.25. The number of amides is 1. The van der Waals surface area contributed by atoms with Gasteiger partial charge in [0.2, 0.25) is 17.7 Å². The Morgan fingerprint density at radius 2 is 1.86 bits per heavy atom. The van der Waals surface area contributed by atoms with Crippen LogP contribution in [0.1, 0.15) is 16.8 Å². The number of hydrogen-bond donors (Lipinski definition) is 0. The molecule has 5 rings (SSSR count). The Labute approximate surface area is 207 Å². The van der Waals surface area contributed by atoms with E-state index in [0.717, 1.165) is 23.4 Å². The van der Waals surface area contributed by atoms with Crippen molar-refractivity contribution in [3.8, 4) is 17.4 Å². The second kappa shape index (κ2) is 10.4. The van der Waals surface area contributed by atoms with Gasteiger partial charge in [0.05, 0.1) is 44.5 Å². The molecule has 1 saturated heterocycles. The van der Waals surface area contributed by atoms with Crippen LogP contribution in [0.5, 0.6) is 17.4 Å². The van der Waals surface area contributed by atoms with Crippen LogP contribution in [0, 0.1) is 11.6 Å². The van der Waals surface area contributed by atoms with E-state index in [9.17, 15) is 13.6 Å². The van der Waals surface area contributed by atoms with Crippen molar-refractivity contribution >= 4 is 11.9 Å². The summed E-state index contributed by atoms with van der Waals surface area (Å²) in [6, 6.07) is 10.7. The molecular formula is C26H26F2N4O4. The molecule has 0 aliphatic carbocycles. The Balaban J connectivity index is 1.42. The van der Waals surface area contributed by atoms with E-state index >= 15 is 0 Å². The van der Waals surface area contributed by atoms with Gasteiger partial charge in [0.15, 0.2) is 11.6 Å². The van der Waals surface area contributed by atoms with Crippen LogP contribution in [0.15, 0.2) is 42.5 Å². The minimum absolute atomic E-state index is 0.0510. The molecule has 0 spiro atoms. The van der Waals surface area contributed by atoms with Crippen LogP contribution >= 0.6 is 0 Å². The fraction of sp³-hybridized carbons (Fsp3) is 0.346. The molecule has 2 aromatic carbocycles. The molecule has 0 atom stereocenters. The van der Waals surface area contributed by atoms with E-state index in [2.05, 4.69) is 4.98 Å². The number of morpholine rings is 1. The molecular weight excluding hydrogens is 470 g/mol. The maximum Gasteiger partial charge on any atom is 0.229 e. The zero-order valence-electron chi connectivity index (χ0n) is 19.9. The number of nitrogens with zero attached hydrogens (tertiary/aromatic N) is 4. The minimum Gasteiger partial charge on any atom is -0.497 e. The molecule has 3 heterocycles. The number of benzene rings is 2. The van der Waals surface area contributed by atoms with Gasteiger partial charge >= 0.3 is 0 Å². The van der Waals surface area contributed by atoms with Gasteiger partial charge in [0.1, 0.15) is 11.5 Å². The summed E-state index contributed by atoms with van der Waals surface area (Å²) < 4.78 is 43.9. The lowest BCUT2D eigenvalue weighted by atomic mass is 10.0. The summed E-state index contributed by atoms with van der Waals surface area (Å²) in [5.41, 5.74) is 2.28. The Kier molecular flexibility index (Phi) is 6.95. The van der Waals surface area contributed by atoms with Gasteiger partial charge in [0, 0.05) is 32.1 Å². The van der Waals surface area contributed by atoms with Crippen LogP contribution in [0.25, 0.3) is 0 Å². The molecule has 0 radical (unpaired) electrons. The number of halogens is 2. The van der Waals surface area contributed by atoms with Crippen molar-refractivity contribution in [3.05, 3.63) is 70.9 Å². The molecule has 10 heteroatoms. The normalized spacial score (nSPS) is 15.4. The Hall–Kier alpha value is -3.79. The van der Waals surface area contributed by atoms with Crippen LogP contribution in [-0.2, 0) is 28.9 Å². The number of carbonyl (C=O) groups is 1. The molecule has 0 saturated carbocycles. The fourth-order valence-electron chi connectivity index (χ4n) is 4.29. The lowest BCUT2D eigenvalue weighted by Crippen LogP contribution is -2.40. The zero-order chi connectivity index (χ0) is 25.1. The predicted molar refractivity (Wildman–Crippen MR) is 127 cm³/mol. The van der Waals surface area contributed by atoms with Gasteiger partial charge in [0.25, 0.3) is 0 Å². The number of fused-ring (bicyclic) bond motifs is 1. The summed E-state index contributed by atoms with van der Waals surface area (Å²) in [6.07, 6.45) is 0.742. The molecule has 0 bridgehead atoms. The molecule has 1 fully saturated rings. The molecule has 2 aliphatic rings. The van der Waals surface area contributed by atoms with E-state index in [4.69, 9.17) is 19.2 Å².